The molecule has 0 aliphatic carbocycles. The van der Waals surface area contributed by atoms with Crippen LogP contribution in [-0.2, 0) is 9.84 Å². The summed E-state index contributed by atoms with van der Waals surface area (Å²) in [5.74, 6) is 2.47. The van der Waals surface area contributed by atoms with Crippen LogP contribution in [0.5, 0.6) is 0 Å². The molecule has 0 spiro atoms. The van der Waals surface area contributed by atoms with Crippen LogP contribution in [0.25, 0.3) is 0 Å². The van der Waals surface area contributed by atoms with E-state index in [1.54, 1.807) is 0 Å². The Hall–Kier alpha value is -0.530. The minimum Gasteiger partial charge on any atom is -0.392 e. The predicted octanol–water partition coefficient (Wildman–Crippen LogP) is -0.195. The summed E-state index contributed by atoms with van der Waals surface area (Å²) in [6.45, 7) is 0. The molecule has 0 radical (unpaired) electrons. The Morgan fingerprint density at radius 3 is 2.75 bits per heavy atom. The lowest BCUT2D eigenvalue weighted by molar-refractivity contribution is 0.125. The number of aliphatic hydroxyl groups excluding tert-OH is 1. The van der Waals surface area contributed by atoms with Crippen molar-refractivity contribution < 1.29 is 13.5 Å². The smallest absolute Gasteiger partial charge is 0.150 e. The molecule has 3 nitrogen and oxygen atoms in total. The van der Waals surface area contributed by atoms with Gasteiger partial charge < -0.3 is 5.11 Å². The summed E-state index contributed by atoms with van der Waals surface area (Å²) in [5.41, 5.74) is 0. The fraction of sp³-hybridized carbons (Fsp3) is 0.750. The highest BCUT2D eigenvalue weighted by molar-refractivity contribution is 7.91. The van der Waals surface area contributed by atoms with Crippen LogP contribution in [0, 0.1) is 18.3 Å². The van der Waals surface area contributed by atoms with E-state index in [0.717, 1.165) is 0 Å². The summed E-state index contributed by atoms with van der Waals surface area (Å²) in [7, 11) is -2.89. The molecule has 1 rings (SSSR count). The van der Waals surface area contributed by atoms with Crippen molar-refractivity contribution in [2.45, 2.75) is 18.9 Å². The van der Waals surface area contributed by atoms with E-state index in [2.05, 4.69) is 5.92 Å². The molecule has 0 aromatic rings. The average molecular weight is 188 g/mol. The van der Waals surface area contributed by atoms with Gasteiger partial charge in [-0.25, -0.2) is 8.42 Å². The zero-order valence-corrected chi connectivity index (χ0v) is 7.55. The lowest BCUT2D eigenvalue weighted by atomic mass is 10.00. The Labute approximate surface area is 72.7 Å². The van der Waals surface area contributed by atoms with E-state index in [9.17, 15) is 13.5 Å². The monoisotopic (exact) mass is 188 g/mol. The van der Waals surface area contributed by atoms with Gasteiger partial charge >= 0.3 is 0 Å². The van der Waals surface area contributed by atoms with Crippen LogP contribution in [0.2, 0.25) is 0 Å². The molecule has 1 saturated heterocycles. The molecule has 68 valence electrons. The molecule has 2 atom stereocenters. The Kier molecular flexibility index (Phi) is 2.76. The topological polar surface area (TPSA) is 54.4 Å². The normalized spacial score (nSPS) is 29.5. The van der Waals surface area contributed by atoms with Gasteiger partial charge in [0.05, 0.1) is 17.6 Å². The molecule has 1 aliphatic heterocycles. The maximum atomic E-state index is 11.0. The fourth-order valence-electron chi connectivity index (χ4n) is 1.41. The molecular weight excluding hydrogens is 176 g/mol. The molecule has 1 heterocycles. The summed E-state index contributed by atoms with van der Waals surface area (Å²) in [4.78, 5) is 0. The molecule has 1 aliphatic rings. The van der Waals surface area contributed by atoms with Crippen molar-refractivity contribution in [2.24, 2.45) is 5.92 Å². The van der Waals surface area contributed by atoms with Gasteiger partial charge in [0.15, 0.2) is 9.84 Å². The van der Waals surface area contributed by atoms with Crippen LogP contribution in [0.15, 0.2) is 0 Å². The molecule has 1 fully saturated rings. The van der Waals surface area contributed by atoms with Gasteiger partial charge in [-0.2, -0.15) is 0 Å². The van der Waals surface area contributed by atoms with E-state index < -0.39 is 15.9 Å². The Bertz CT molecular complexity index is 286. The second-order valence-corrected chi connectivity index (χ2v) is 5.37. The lowest BCUT2D eigenvalue weighted by Crippen LogP contribution is -2.20. The van der Waals surface area contributed by atoms with Crippen molar-refractivity contribution >= 4 is 9.84 Å². The summed E-state index contributed by atoms with van der Waals surface area (Å²) in [5, 5.41) is 9.37. The third kappa shape index (κ3) is 2.23. The summed E-state index contributed by atoms with van der Waals surface area (Å²) < 4.78 is 22.0. The van der Waals surface area contributed by atoms with E-state index in [4.69, 9.17) is 6.42 Å². The van der Waals surface area contributed by atoms with Crippen molar-refractivity contribution in [1.29, 1.82) is 0 Å². The quantitative estimate of drug-likeness (QED) is 0.611. The Morgan fingerprint density at radius 2 is 2.33 bits per heavy atom. The van der Waals surface area contributed by atoms with Crippen molar-refractivity contribution in [2.75, 3.05) is 11.5 Å². The molecule has 0 aromatic heterocycles. The lowest BCUT2D eigenvalue weighted by Gasteiger charge is -2.12. The second kappa shape index (κ2) is 3.46. The van der Waals surface area contributed by atoms with Crippen LogP contribution in [0.3, 0.4) is 0 Å². The highest BCUT2D eigenvalue weighted by atomic mass is 32.2. The highest BCUT2D eigenvalue weighted by Crippen LogP contribution is 2.22. The number of rotatable bonds is 2. The van der Waals surface area contributed by atoms with Crippen molar-refractivity contribution in [3.63, 3.8) is 0 Å². The maximum Gasteiger partial charge on any atom is 0.150 e. The van der Waals surface area contributed by atoms with Gasteiger partial charge in [-0.3, -0.25) is 0 Å². The van der Waals surface area contributed by atoms with E-state index in [1.807, 2.05) is 0 Å². The number of hydrogen-bond donors (Lipinski definition) is 1. The maximum absolute atomic E-state index is 11.0. The zero-order valence-electron chi connectivity index (χ0n) is 6.73. The van der Waals surface area contributed by atoms with Gasteiger partial charge in [0, 0.05) is 12.3 Å². The van der Waals surface area contributed by atoms with Crippen molar-refractivity contribution in [3.8, 4) is 12.3 Å². The zero-order chi connectivity index (χ0) is 9.19. The SMILES string of the molecule is C#CCC(O)C1CCS(=O)(=O)C1. The minimum absolute atomic E-state index is 0.0931. The molecule has 0 saturated carbocycles. The highest BCUT2D eigenvalue weighted by Gasteiger charge is 2.32. The van der Waals surface area contributed by atoms with Gasteiger partial charge in [0.2, 0.25) is 0 Å². The van der Waals surface area contributed by atoms with Gasteiger partial charge in [-0.1, -0.05) is 0 Å². The van der Waals surface area contributed by atoms with Gasteiger partial charge in [-0.05, 0) is 6.42 Å². The third-order valence-electron chi connectivity index (χ3n) is 2.14. The van der Waals surface area contributed by atoms with Gasteiger partial charge in [-0.15, -0.1) is 12.3 Å². The number of hydrogen-bond acceptors (Lipinski definition) is 3. The summed E-state index contributed by atoms with van der Waals surface area (Å²) in [6, 6.07) is 0. The summed E-state index contributed by atoms with van der Waals surface area (Å²) in [6.07, 6.45) is 5.16. The van der Waals surface area contributed by atoms with Gasteiger partial charge in [0.1, 0.15) is 0 Å². The molecule has 12 heavy (non-hydrogen) atoms. The number of aliphatic hydroxyl groups is 1. The van der Waals surface area contributed by atoms with E-state index in [1.165, 1.54) is 0 Å². The van der Waals surface area contributed by atoms with Crippen LogP contribution in [-0.4, -0.2) is 31.1 Å². The Balaban J connectivity index is 2.53. The molecular formula is C8H12O3S. The molecule has 0 amide bonds. The molecule has 1 N–H and O–H groups in total. The number of terminal acetylenes is 1. The van der Waals surface area contributed by atoms with Crippen LogP contribution < -0.4 is 0 Å². The first-order valence-corrected chi connectivity index (χ1v) is 5.69. The minimum atomic E-state index is -2.89. The molecule has 4 heteroatoms. The first-order valence-electron chi connectivity index (χ1n) is 3.87. The number of sulfone groups is 1. The Morgan fingerprint density at radius 1 is 1.67 bits per heavy atom. The van der Waals surface area contributed by atoms with Crippen LogP contribution in [0.1, 0.15) is 12.8 Å². The molecule has 2 unspecified atom stereocenters. The standard InChI is InChI=1S/C8H12O3S/c1-2-3-8(9)7-4-5-12(10,11)6-7/h1,7-9H,3-6H2. The third-order valence-corrected chi connectivity index (χ3v) is 3.93. The average Bonchev–Trinajstić information content (AvgIpc) is 2.31. The van der Waals surface area contributed by atoms with E-state index in [0.29, 0.717) is 6.42 Å². The largest absolute Gasteiger partial charge is 0.392 e. The van der Waals surface area contributed by atoms with E-state index in [-0.39, 0.29) is 23.8 Å². The second-order valence-electron chi connectivity index (χ2n) is 3.14. The first-order chi connectivity index (χ1) is 5.55. The van der Waals surface area contributed by atoms with Gasteiger partial charge in [0.25, 0.3) is 0 Å². The van der Waals surface area contributed by atoms with Crippen molar-refractivity contribution in [1.82, 2.24) is 0 Å². The fourth-order valence-corrected chi connectivity index (χ4v) is 3.28. The molecule has 0 aromatic carbocycles. The van der Waals surface area contributed by atoms with E-state index >= 15 is 0 Å². The van der Waals surface area contributed by atoms with Crippen LogP contribution in [0.4, 0.5) is 0 Å². The van der Waals surface area contributed by atoms with Crippen LogP contribution >= 0.6 is 0 Å². The summed E-state index contributed by atoms with van der Waals surface area (Å²) >= 11 is 0. The first kappa shape index (κ1) is 9.56. The predicted molar refractivity (Wildman–Crippen MR) is 46.2 cm³/mol. The molecule has 0 bridgehead atoms. The van der Waals surface area contributed by atoms with Crippen molar-refractivity contribution in [3.05, 3.63) is 0 Å².